The van der Waals surface area contributed by atoms with Gasteiger partial charge in [-0.1, -0.05) is 0 Å². The molecule has 0 aliphatic carbocycles. The summed E-state index contributed by atoms with van der Waals surface area (Å²) in [6.07, 6.45) is 2.84. The predicted octanol–water partition coefficient (Wildman–Crippen LogP) is 0.621. The van der Waals surface area contributed by atoms with Gasteiger partial charge in [0.05, 0.1) is 6.54 Å². The van der Waals surface area contributed by atoms with Crippen LogP contribution >= 0.6 is 11.8 Å². The van der Waals surface area contributed by atoms with Crippen LogP contribution in [0.15, 0.2) is 0 Å². The highest BCUT2D eigenvalue weighted by Crippen LogP contribution is 2.38. The molecule has 2 aliphatic heterocycles. The fourth-order valence-corrected chi connectivity index (χ4v) is 3.59. The first-order valence-electron chi connectivity index (χ1n) is 5.77. The van der Waals surface area contributed by atoms with Crippen LogP contribution in [0.4, 0.5) is 0 Å². The SMILES string of the molecule is CC1(CN2CCC(=O)NCC2=O)CCCS1. The predicted molar refractivity (Wildman–Crippen MR) is 64.3 cm³/mol. The summed E-state index contributed by atoms with van der Waals surface area (Å²) in [5.74, 6) is 1.23. The van der Waals surface area contributed by atoms with E-state index >= 15 is 0 Å². The molecule has 4 nitrogen and oxygen atoms in total. The second kappa shape index (κ2) is 4.65. The average molecular weight is 242 g/mol. The molecule has 2 saturated heterocycles. The number of nitrogens with zero attached hydrogens (tertiary/aromatic N) is 1. The largest absolute Gasteiger partial charge is 0.347 e. The molecule has 0 saturated carbocycles. The molecule has 0 bridgehead atoms. The third-order valence-corrected chi connectivity index (χ3v) is 4.75. The fraction of sp³-hybridized carbons (Fsp3) is 0.818. The number of amides is 2. The summed E-state index contributed by atoms with van der Waals surface area (Å²) in [6, 6.07) is 0. The van der Waals surface area contributed by atoms with Crippen LogP contribution in [0.5, 0.6) is 0 Å². The van der Waals surface area contributed by atoms with Crippen LogP contribution in [0.2, 0.25) is 0 Å². The van der Waals surface area contributed by atoms with Crippen LogP contribution in [-0.4, -0.2) is 46.8 Å². The zero-order valence-electron chi connectivity index (χ0n) is 9.62. The molecule has 2 rings (SSSR count). The van der Waals surface area contributed by atoms with Crippen molar-refractivity contribution in [3.05, 3.63) is 0 Å². The summed E-state index contributed by atoms with van der Waals surface area (Å²) >= 11 is 1.95. The van der Waals surface area contributed by atoms with E-state index in [9.17, 15) is 9.59 Å². The van der Waals surface area contributed by atoms with Crippen LogP contribution in [0.25, 0.3) is 0 Å². The lowest BCUT2D eigenvalue weighted by atomic mass is 10.0. The Bertz CT molecular complexity index is 300. The number of nitrogens with one attached hydrogen (secondary N) is 1. The van der Waals surface area contributed by atoms with Crippen molar-refractivity contribution in [1.82, 2.24) is 10.2 Å². The Hall–Kier alpha value is -0.710. The van der Waals surface area contributed by atoms with Crippen molar-refractivity contribution in [1.29, 1.82) is 0 Å². The van der Waals surface area contributed by atoms with E-state index in [0.29, 0.717) is 13.0 Å². The highest BCUT2D eigenvalue weighted by molar-refractivity contribution is 8.00. The lowest BCUT2D eigenvalue weighted by Gasteiger charge is -2.30. The van der Waals surface area contributed by atoms with Gasteiger partial charge in [-0.25, -0.2) is 0 Å². The Morgan fingerprint density at radius 2 is 2.31 bits per heavy atom. The molecule has 2 fully saturated rings. The van der Waals surface area contributed by atoms with Crippen molar-refractivity contribution >= 4 is 23.6 Å². The second-order valence-electron chi connectivity index (χ2n) is 4.74. The first-order valence-corrected chi connectivity index (χ1v) is 6.76. The van der Waals surface area contributed by atoms with E-state index in [4.69, 9.17) is 0 Å². The highest BCUT2D eigenvalue weighted by Gasteiger charge is 2.33. The topological polar surface area (TPSA) is 49.4 Å². The maximum absolute atomic E-state index is 11.8. The van der Waals surface area contributed by atoms with Gasteiger partial charge in [-0.05, 0) is 25.5 Å². The van der Waals surface area contributed by atoms with Gasteiger partial charge in [0.25, 0.3) is 0 Å². The number of thioether (sulfide) groups is 1. The van der Waals surface area contributed by atoms with Gasteiger partial charge in [0.2, 0.25) is 11.8 Å². The Morgan fingerprint density at radius 3 is 3.00 bits per heavy atom. The molecular weight excluding hydrogens is 224 g/mol. The van der Waals surface area contributed by atoms with E-state index in [1.807, 2.05) is 16.7 Å². The van der Waals surface area contributed by atoms with Gasteiger partial charge in [0, 0.05) is 24.3 Å². The Morgan fingerprint density at radius 1 is 1.50 bits per heavy atom. The molecule has 90 valence electrons. The number of hydrogen-bond acceptors (Lipinski definition) is 3. The third-order valence-electron chi connectivity index (χ3n) is 3.22. The zero-order chi connectivity index (χ0) is 11.6. The van der Waals surface area contributed by atoms with Gasteiger partial charge in [0.15, 0.2) is 0 Å². The first-order chi connectivity index (χ1) is 7.59. The third kappa shape index (κ3) is 2.70. The molecule has 1 atom stereocenters. The molecule has 2 heterocycles. The minimum absolute atomic E-state index is 0.0138. The monoisotopic (exact) mass is 242 g/mol. The molecule has 16 heavy (non-hydrogen) atoms. The van der Waals surface area contributed by atoms with Gasteiger partial charge in [-0.3, -0.25) is 9.59 Å². The second-order valence-corrected chi connectivity index (χ2v) is 6.43. The normalized spacial score (nSPS) is 31.4. The smallest absolute Gasteiger partial charge is 0.242 e. The Kier molecular flexibility index (Phi) is 3.42. The molecule has 1 unspecified atom stereocenters. The van der Waals surface area contributed by atoms with Crippen LogP contribution in [-0.2, 0) is 9.59 Å². The van der Waals surface area contributed by atoms with E-state index < -0.39 is 0 Å². The molecule has 5 heteroatoms. The quantitative estimate of drug-likeness (QED) is 0.772. The molecule has 0 aromatic carbocycles. The van der Waals surface area contributed by atoms with E-state index in [2.05, 4.69) is 12.2 Å². The Labute approximate surface area is 100 Å². The molecule has 0 aromatic rings. The molecular formula is C11H18N2O2S. The van der Waals surface area contributed by atoms with E-state index in [1.54, 1.807) is 0 Å². The highest BCUT2D eigenvalue weighted by atomic mass is 32.2. The van der Waals surface area contributed by atoms with Gasteiger partial charge in [-0.2, -0.15) is 11.8 Å². The number of carbonyl (C=O) groups is 2. The molecule has 0 spiro atoms. The summed E-state index contributed by atoms with van der Waals surface area (Å²) in [6.45, 7) is 3.74. The number of carbonyl (C=O) groups excluding carboxylic acids is 2. The lowest BCUT2D eigenvalue weighted by Crippen LogP contribution is -2.42. The maximum Gasteiger partial charge on any atom is 0.242 e. The summed E-state index contributed by atoms with van der Waals surface area (Å²) in [7, 11) is 0. The zero-order valence-corrected chi connectivity index (χ0v) is 10.4. The van der Waals surface area contributed by atoms with Crippen LogP contribution < -0.4 is 5.32 Å². The minimum Gasteiger partial charge on any atom is -0.347 e. The molecule has 0 aromatic heterocycles. The maximum atomic E-state index is 11.8. The number of hydrogen-bond donors (Lipinski definition) is 1. The van der Waals surface area contributed by atoms with Crippen molar-refractivity contribution < 1.29 is 9.59 Å². The van der Waals surface area contributed by atoms with Crippen molar-refractivity contribution in [3.63, 3.8) is 0 Å². The van der Waals surface area contributed by atoms with Gasteiger partial charge >= 0.3 is 0 Å². The number of rotatable bonds is 2. The molecule has 2 amide bonds. The van der Waals surface area contributed by atoms with E-state index in [1.165, 1.54) is 18.6 Å². The first kappa shape index (κ1) is 11.8. The van der Waals surface area contributed by atoms with Crippen LogP contribution in [0.3, 0.4) is 0 Å². The lowest BCUT2D eigenvalue weighted by molar-refractivity contribution is -0.130. The van der Waals surface area contributed by atoms with E-state index in [0.717, 1.165) is 6.54 Å². The van der Waals surface area contributed by atoms with Crippen LogP contribution in [0.1, 0.15) is 26.2 Å². The van der Waals surface area contributed by atoms with Gasteiger partial charge in [0.1, 0.15) is 0 Å². The standard InChI is InChI=1S/C11H18N2O2S/c1-11(4-2-6-16-11)8-13-5-3-9(14)12-7-10(13)15/h2-8H2,1H3,(H,12,14). The van der Waals surface area contributed by atoms with Crippen LogP contribution in [0, 0.1) is 0 Å². The van der Waals surface area contributed by atoms with E-state index in [-0.39, 0.29) is 23.1 Å². The average Bonchev–Trinajstić information content (AvgIpc) is 2.61. The summed E-state index contributed by atoms with van der Waals surface area (Å²) in [5, 5.41) is 2.62. The van der Waals surface area contributed by atoms with Crippen molar-refractivity contribution in [2.45, 2.75) is 30.9 Å². The van der Waals surface area contributed by atoms with Crippen molar-refractivity contribution in [2.24, 2.45) is 0 Å². The minimum atomic E-state index is -0.0138. The summed E-state index contributed by atoms with van der Waals surface area (Å²) < 4.78 is 0.197. The Balaban J connectivity index is 1.97. The fourth-order valence-electron chi connectivity index (χ4n) is 2.27. The molecule has 0 radical (unpaired) electrons. The van der Waals surface area contributed by atoms with Crippen molar-refractivity contribution in [3.8, 4) is 0 Å². The molecule has 2 aliphatic rings. The van der Waals surface area contributed by atoms with Gasteiger partial charge < -0.3 is 10.2 Å². The molecule has 1 N–H and O–H groups in total. The van der Waals surface area contributed by atoms with Crippen molar-refractivity contribution in [2.75, 3.05) is 25.4 Å². The summed E-state index contributed by atoms with van der Waals surface area (Å²) in [4.78, 5) is 24.8. The van der Waals surface area contributed by atoms with Gasteiger partial charge in [-0.15, -0.1) is 0 Å². The summed E-state index contributed by atoms with van der Waals surface area (Å²) in [5.41, 5.74) is 0.